The van der Waals surface area contributed by atoms with Gasteiger partial charge in [0.2, 0.25) is 0 Å². The standard InChI is InChI=1S/C24H24ClF2N7O/c1-13-21(25)14(2)34(31-13)20-11-19(28)30-23-18(9-10-29-20)22(32-33(23)12-15-3-4-15)16-5-7-17(8-6-16)35-24(26)27/h5-11,15,24,30H,3-4,12,28H2,1-2H3. The van der Waals surface area contributed by atoms with Gasteiger partial charge in [0.05, 0.1) is 16.4 Å². The summed E-state index contributed by atoms with van der Waals surface area (Å²) in [6.07, 6.45) is 3.96. The molecule has 3 heterocycles. The Bertz CT molecular complexity index is 1440. The van der Waals surface area contributed by atoms with E-state index in [1.165, 1.54) is 12.1 Å². The molecule has 1 aliphatic carbocycles. The van der Waals surface area contributed by atoms with E-state index in [4.69, 9.17) is 22.4 Å². The number of hydrogen-bond acceptors (Lipinski definition) is 5. The van der Waals surface area contributed by atoms with Crippen LogP contribution in [0.3, 0.4) is 0 Å². The Balaban J connectivity index is 1.67. The molecular formula is C24H24ClF2N7O. The van der Waals surface area contributed by atoms with Crippen LogP contribution in [0.5, 0.6) is 5.75 Å². The van der Waals surface area contributed by atoms with Crippen LogP contribution in [0.15, 0.2) is 42.6 Å². The topological polar surface area (TPSA) is 99.6 Å². The molecular weight excluding hydrogens is 476 g/mol. The second-order valence-electron chi connectivity index (χ2n) is 8.56. The molecule has 1 aromatic carbocycles. The number of nitrogens with zero attached hydrogens (tertiary/aromatic N) is 5. The van der Waals surface area contributed by atoms with Crippen LogP contribution < -0.4 is 10.5 Å². The molecule has 5 rings (SSSR count). The minimum absolute atomic E-state index is 0.0829. The highest BCUT2D eigenvalue weighted by Gasteiger charge is 2.24. The second-order valence-corrected chi connectivity index (χ2v) is 8.94. The monoisotopic (exact) mass is 499 g/mol. The van der Waals surface area contributed by atoms with E-state index in [-0.39, 0.29) is 5.75 Å². The number of halogens is 3. The molecule has 182 valence electrons. The number of nitrogens with one attached hydrogen (secondary N) is 1. The molecule has 4 aromatic rings. The molecule has 0 unspecified atom stereocenters. The first-order valence-corrected chi connectivity index (χ1v) is 11.5. The van der Waals surface area contributed by atoms with Gasteiger partial charge in [0.25, 0.3) is 0 Å². The Labute approximate surface area is 205 Å². The van der Waals surface area contributed by atoms with E-state index in [9.17, 15) is 8.78 Å². The van der Waals surface area contributed by atoms with Crippen LogP contribution in [0.2, 0.25) is 5.02 Å². The lowest BCUT2D eigenvalue weighted by Gasteiger charge is -2.04. The number of alkyl halides is 2. The van der Waals surface area contributed by atoms with Crippen molar-refractivity contribution in [3.05, 3.63) is 59.0 Å². The van der Waals surface area contributed by atoms with E-state index in [2.05, 4.69) is 19.8 Å². The van der Waals surface area contributed by atoms with Gasteiger partial charge in [0.1, 0.15) is 22.9 Å². The molecule has 1 saturated carbocycles. The number of rotatable bonds is 6. The molecule has 11 heteroatoms. The number of aryl methyl sites for hydroxylation is 1. The fraction of sp³-hybridized carbons (Fsp3) is 0.292. The van der Waals surface area contributed by atoms with E-state index >= 15 is 0 Å². The van der Waals surface area contributed by atoms with Crippen molar-refractivity contribution in [3.8, 4) is 22.8 Å². The molecule has 0 saturated heterocycles. The third-order valence-electron chi connectivity index (χ3n) is 5.89. The van der Waals surface area contributed by atoms with Gasteiger partial charge in [0.15, 0.2) is 5.82 Å². The summed E-state index contributed by atoms with van der Waals surface area (Å²) >= 11 is 6.33. The van der Waals surface area contributed by atoms with Crippen LogP contribution in [0.1, 0.15) is 24.2 Å². The van der Waals surface area contributed by atoms with Gasteiger partial charge in [-0.3, -0.25) is 0 Å². The quantitative estimate of drug-likeness (QED) is 0.359. The van der Waals surface area contributed by atoms with Crippen LogP contribution in [0.25, 0.3) is 28.1 Å². The van der Waals surface area contributed by atoms with Crippen LogP contribution in [-0.2, 0) is 6.54 Å². The zero-order valence-corrected chi connectivity index (χ0v) is 19.9. The number of benzene rings is 1. The SMILES string of the molecule is Cc1nn(-c2cc(N)[nH]c3c(ccn2)c(-c2ccc(OC(F)F)cc2)nn3CC2CC2)c(C)c1Cl. The molecule has 0 bridgehead atoms. The van der Waals surface area contributed by atoms with Crippen molar-refractivity contribution >= 4 is 28.5 Å². The molecule has 0 aliphatic heterocycles. The maximum atomic E-state index is 12.6. The van der Waals surface area contributed by atoms with E-state index in [1.54, 1.807) is 29.1 Å². The lowest BCUT2D eigenvalue weighted by Crippen LogP contribution is -2.04. The number of ether oxygens (including phenoxy) is 1. The van der Waals surface area contributed by atoms with Crippen molar-refractivity contribution < 1.29 is 13.5 Å². The fourth-order valence-corrected chi connectivity index (χ4v) is 4.07. The molecule has 0 amide bonds. The van der Waals surface area contributed by atoms with Crippen LogP contribution in [0.4, 0.5) is 14.6 Å². The fourth-order valence-electron chi connectivity index (χ4n) is 3.95. The Morgan fingerprint density at radius 3 is 2.54 bits per heavy atom. The number of aromatic amines is 1. The van der Waals surface area contributed by atoms with Gasteiger partial charge in [-0.05, 0) is 62.9 Å². The van der Waals surface area contributed by atoms with Crippen LogP contribution >= 0.6 is 11.6 Å². The highest BCUT2D eigenvalue weighted by atomic mass is 35.5. The highest BCUT2D eigenvalue weighted by Crippen LogP contribution is 2.34. The van der Waals surface area contributed by atoms with Crippen LogP contribution in [-0.4, -0.2) is 36.1 Å². The normalized spacial score (nSPS) is 13.4. The summed E-state index contributed by atoms with van der Waals surface area (Å²) in [7, 11) is 0. The summed E-state index contributed by atoms with van der Waals surface area (Å²) < 4.78 is 33.2. The Hall–Kier alpha value is -3.66. The number of anilines is 1. The molecule has 3 N–H and O–H groups in total. The average Bonchev–Trinajstić information content (AvgIpc) is 3.51. The average molecular weight is 500 g/mol. The Morgan fingerprint density at radius 1 is 1.17 bits per heavy atom. The minimum atomic E-state index is -2.88. The molecule has 0 spiro atoms. The van der Waals surface area contributed by atoms with Gasteiger partial charge in [-0.25, -0.2) is 14.3 Å². The maximum absolute atomic E-state index is 12.6. The molecule has 35 heavy (non-hydrogen) atoms. The van der Waals surface area contributed by atoms with E-state index in [1.807, 2.05) is 24.6 Å². The van der Waals surface area contributed by atoms with Crippen molar-refractivity contribution in [2.75, 3.05) is 5.73 Å². The molecule has 8 nitrogen and oxygen atoms in total. The number of fused-ring (bicyclic) bond motifs is 1. The summed E-state index contributed by atoms with van der Waals surface area (Å²) in [4.78, 5) is 7.86. The molecule has 0 atom stereocenters. The molecule has 1 aliphatic rings. The first-order valence-electron chi connectivity index (χ1n) is 11.2. The predicted molar refractivity (Wildman–Crippen MR) is 130 cm³/mol. The van der Waals surface area contributed by atoms with Gasteiger partial charge >= 0.3 is 6.61 Å². The molecule has 0 radical (unpaired) electrons. The van der Waals surface area contributed by atoms with E-state index < -0.39 is 6.61 Å². The number of H-pyrrole nitrogens is 1. The first-order chi connectivity index (χ1) is 16.8. The largest absolute Gasteiger partial charge is 0.435 e. The smallest absolute Gasteiger partial charge is 0.387 e. The lowest BCUT2D eigenvalue weighted by molar-refractivity contribution is -0.0498. The summed E-state index contributed by atoms with van der Waals surface area (Å²) in [5.41, 5.74) is 9.98. The maximum Gasteiger partial charge on any atom is 0.387 e. The highest BCUT2D eigenvalue weighted by molar-refractivity contribution is 6.31. The zero-order valence-electron chi connectivity index (χ0n) is 19.2. The van der Waals surface area contributed by atoms with Gasteiger partial charge in [-0.15, -0.1) is 0 Å². The predicted octanol–water partition coefficient (Wildman–Crippen LogP) is 5.60. The second kappa shape index (κ2) is 9.18. The van der Waals surface area contributed by atoms with Gasteiger partial charge in [0, 0.05) is 29.8 Å². The zero-order chi connectivity index (χ0) is 24.7. The first kappa shape index (κ1) is 23.1. The summed E-state index contributed by atoms with van der Waals surface area (Å²) in [6.45, 7) is 1.55. The number of nitrogen functional groups attached to an aromatic ring is 1. The van der Waals surface area contributed by atoms with Crippen molar-refractivity contribution in [3.63, 3.8) is 0 Å². The van der Waals surface area contributed by atoms with Crippen LogP contribution in [0, 0.1) is 19.8 Å². The van der Waals surface area contributed by atoms with Crippen molar-refractivity contribution in [2.24, 2.45) is 5.92 Å². The van der Waals surface area contributed by atoms with E-state index in [0.717, 1.165) is 41.7 Å². The van der Waals surface area contributed by atoms with Crippen molar-refractivity contribution in [1.29, 1.82) is 0 Å². The van der Waals surface area contributed by atoms with Gasteiger partial charge < -0.3 is 15.5 Å². The van der Waals surface area contributed by atoms with Crippen molar-refractivity contribution in [1.82, 2.24) is 29.5 Å². The summed E-state index contributed by atoms with van der Waals surface area (Å²) in [6, 6.07) is 9.94. The minimum Gasteiger partial charge on any atom is -0.435 e. The summed E-state index contributed by atoms with van der Waals surface area (Å²) in [5.74, 6) is 1.50. The third-order valence-corrected chi connectivity index (χ3v) is 6.43. The van der Waals surface area contributed by atoms with Crippen molar-refractivity contribution in [2.45, 2.75) is 39.8 Å². The lowest BCUT2D eigenvalue weighted by atomic mass is 10.1. The van der Waals surface area contributed by atoms with E-state index in [0.29, 0.717) is 34.0 Å². The Kier molecular flexibility index (Phi) is 6.06. The third kappa shape index (κ3) is 4.79. The number of nitrogens with two attached hydrogens (primary N) is 1. The Morgan fingerprint density at radius 2 is 1.91 bits per heavy atom. The number of aromatic nitrogens is 6. The molecule has 1 fully saturated rings. The summed E-state index contributed by atoms with van der Waals surface area (Å²) in [5, 5.41) is 10.7. The van der Waals surface area contributed by atoms with Gasteiger partial charge in [-0.2, -0.15) is 19.0 Å². The van der Waals surface area contributed by atoms with Gasteiger partial charge in [-0.1, -0.05) is 11.6 Å². The number of hydrogen-bond donors (Lipinski definition) is 2. The molecule has 3 aromatic heterocycles.